The number of rotatable bonds is 3. The molecule has 1 unspecified atom stereocenters. The average Bonchev–Trinajstić information content (AvgIpc) is 3.03. The van der Waals surface area contributed by atoms with E-state index in [4.69, 9.17) is 0 Å². The van der Waals surface area contributed by atoms with E-state index in [-0.39, 0.29) is 17.0 Å². The van der Waals surface area contributed by atoms with Crippen molar-refractivity contribution in [3.63, 3.8) is 0 Å². The summed E-state index contributed by atoms with van der Waals surface area (Å²) in [4.78, 5) is 31.2. The van der Waals surface area contributed by atoms with Crippen LogP contribution in [-0.4, -0.2) is 21.8 Å². The van der Waals surface area contributed by atoms with E-state index in [1.807, 2.05) is 13.8 Å². The third-order valence-electron chi connectivity index (χ3n) is 5.37. The van der Waals surface area contributed by atoms with Gasteiger partial charge in [-0.2, -0.15) is 0 Å². The fourth-order valence-corrected chi connectivity index (χ4v) is 3.60. The van der Waals surface area contributed by atoms with Crippen LogP contribution in [0.4, 0.5) is 14.5 Å². The Morgan fingerprint density at radius 2 is 1.74 bits per heavy atom. The third-order valence-corrected chi connectivity index (χ3v) is 5.37. The summed E-state index contributed by atoms with van der Waals surface area (Å²) in [7, 11) is 0. The van der Waals surface area contributed by atoms with Crippen molar-refractivity contribution in [2.24, 2.45) is 0 Å². The van der Waals surface area contributed by atoms with Crippen molar-refractivity contribution in [1.29, 1.82) is 0 Å². The second-order valence-corrected chi connectivity index (χ2v) is 7.32. The van der Waals surface area contributed by atoms with E-state index in [2.05, 4.69) is 4.98 Å². The van der Waals surface area contributed by atoms with Crippen LogP contribution in [0, 0.1) is 25.5 Å². The van der Waals surface area contributed by atoms with Crippen LogP contribution < -0.4 is 4.90 Å². The molecule has 5 nitrogen and oxygen atoms in total. The lowest BCUT2D eigenvalue weighted by Crippen LogP contribution is -2.30. The van der Waals surface area contributed by atoms with Gasteiger partial charge in [-0.1, -0.05) is 18.2 Å². The quantitative estimate of drug-likeness (QED) is 0.382. The van der Waals surface area contributed by atoms with Crippen LogP contribution in [0.5, 0.6) is 0 Å². The van der Waals surface area contributed by atoms with E-state index in [0.717, 1.165) is 28.2 Å². The summed E-state index contributed by atoms with van der Waals surface area (Å²) < 4.78 is 27.4. The molecule has 1 aliphatic heterocycles. The van der Waals surface area contributed by atoms with Crippen molar-refractivity contribution in [1.82, 2.24) is 4.98 Å². The van der Waals surface area contributed by atoms with Crippen molar-refractivity contribution in [3.8, 4) is 0 Å². The molecule has 2 heterocycles. The highest BCUT2D eigenvalue weighted by molar-refractivity contribution is 6.51. The van der Waals surface area contributed by atoms with Gasteiger partial charge < -0.3 is 5.11 Å². The molecular formula is C24H18F2N2O3. The first-order chi connectivity index (χ1) is 14.8. The number of aliphatic hydroxyl groups is 1. The lowest BCUT2D eigenvalue weighted by molar-refractivity contribution is -0.132. The van der Waals surface area contributed by atoms with E-state index in [1.54, 1.807) is 36.4 Å². The second kappa shape index (κ2) is 7.75. The smallest absolute Gasteiger partial charge is 0.300 e. The van der Waals surface area contributed by atoms with Crippen molar-refractivity contribution in [2.45, 2.75) is 19.9 Å². The van der Waals surface area contributed by atoms with Crippen LogP contribution >= 0.6 is 0 Å². The maximum atomic E-state index is 13.9. The molecule has 2 aromatic carbocycles. The molecule has 0 bridgehead atoms. The number of ketones is 1. The van der Waals surface area contributed by atoms with Crippen LogP contribution in [-0.2, 0) is 9.59 Å². The van der Waals surface area contributed by atoms with E-state index in [1.165, 1.54) is 12.3 Å². The molecule has 0 aliphatic carbocycles. The molecular weight excluding hydrogens is 402 g/mol. The fraction of sp³-hybridized carbons (Fsp3) is 0.125. The summed E-state index contributed by atoms with van der Waals surface area (Å²) in [5.41, 5.74) is 2.38. The number of amides is 1. The van der Waals surface area contributed by atoms with Gasteiger partial charge in [-0.3, -0.25) is 19.5 Å². The largest absolute Gasteiger partial charge is 0.507 e. The summed E-state index contributed by atoms with van der Waals surface area (Å²) in [6, 6.07) is 11.9. The van der Waals surface area contributed by atoms with Gasteiger partial charge in [-0.25, -0.2) is 8.78 Å². The van der Waals surface area contributed by atoms with Crippen molar-refractivity contribution in [2.75, 3.05) is 4.90 Å². The number of pyridine rings is 1. The van der Waals surface area contributed by atoms with E-state index in [9.17, 15) is 23.5 Å². The van der Waals surface area contributed by atoms with Gasteiger partial charge in [-0.15, -0.1) is 0 Å². The number of aromatic nitrogens is 1. The van der Waals surface area contributed by atoms with Gasteiger partial charge in [0.05, 0.1) is 11.3 Å². The standard InChI is InChI=1S/C24H18F2N2O3/c1-13-6-7-15(11-14(13)2)22(29)20-21(19-5-3-4-10-27-19)28(24(31)23(20)30)16-8-9-17(25)18(26)12-16/h3-12,21,29H,1-2H3/b22-20+. The fourth-order valence-electron chi connectivity index (χ4n) is 3.60. The number of aryl methyl sites for hydroxylation is 2. The topological polar surface area (TPSA) is 70.5 Å². The SMILES string of the molecule is Cc1ccc(/C(O)=C2\C(=O)C(=O)N(c3ccc(F)c(F)c3)C2c2ccccn2)cc1C. The highest BCUT2D eigenvalue weighted by Gasteiger charge is 2.47. The van der Waals surface area contributed by atoms with Gasteiger partial charge in [-0.05, 0) is 55.3 Å². The van der Waals surface area contributed by atoms with Gasteiger partial charge in [0.15, 0.2) is 11.6 Å². The minimum absolute atomic E-state index is 0.0178. The Morgan fingerprint density at radius 1 is 0.968 bits per heavy atom. The molecule has 1 saturated heterocycles. The first kappa shape index (κ1) is 20.4. The number of aliphatic hydroxyl groups excluding tert-OH is 1. The van der Waals surface area contributed by atoms with Crippen molar-refractivity contribution in [3.05, 3.63) is 100 Å². The number of carbonyl (C=O) groups is 2. The minimum atomic E-state index is -1.16. The zero-order valence-corrected chi connectivity index (χ0v) is 16.8. The van der Waals surface area contributed by atoms with Gasteiger partial charge in [0.1, 0.15) is 11.8 Å². The Bertz CT molecular complexity index is 1240. The Hall–Kier alpha value is -3.87. The number of nitrogens with zero attached hydrogens (tertiary/aromatic N) is 2. The Kier molecular flexibility index (Phi) is 5.10. The zero-order chi connectivity index (χ0) is 22.3. The molecule has 0 saturated carbocycles. The van der Waals surface area contributed by atoms with Crippen LogP contribution in [0.2, 0.25) is 0 Å². The number of benzene rings is 2. The van der Waals surface area contributed by atoms with Crippen LogP contribution in [0.25, 0.3) is 5.76 Å². The number of halogens is 2. The van der Waals surface area contributed by atoms with E-state index >= 15 is 0 Å². The first-order valence-electron chi connectivity index (χ1n) is 9.54. The van der Waals surface area contributed by atoms with Crippen molar-refractivity contribution < 1.29 is 23.5 Å². The van der Waals surface area contributed by atoms with E-state index in [0.29, 0.717) is 11.3 Å². The summed E-state index contributed by atoms with van der Waals surface area (Å²) >= 11 is 0. The molecule has 1 amide bonds. The average molecular weight is 420 g/mol. The monoisotopic (exact) mass is 420 g/mol. The molecule has 1 aliphatic rings. The summed E-state index contributed by atoms with van der Waals surface area (Å²) in [5.74, 6) is -4.50. The lowest BCUT2D eigenvalue weighted by atomic mass is 9.96. The number of hydrogen-bond donors (Lipinski definition) is 1. The molecule has 156 valence electrons. The molecule has 1 aromatic heterocycles. The predicted molar refractivity (Wildman–Crippen MR) is 111 cm³/mol. The summed E-state index contributed by atoms with van der Waals surface area (Å²) in [6.45, 7) is 3.78. The van der Waals surface area contributed by atoms with Crippen LogP contribution in [0.3, 0.4) is 0 Å². The number of hydrogen-bond acceptors (Lipinski definition) is 4. The molecule has 1 fully saturated rings. The predicted octanol–water partition coefficient (Wildman–Crippen LogP) is 4.60. The second-order valence-electron chi connectivity index (χ2n) is 7.32. The zero-order valence-electron chi connectivity index (χ0n) is 16.8. The summed E-state index contributed by atoms with van der Waals surface area (Å²) in [6.07, 6.45) is 1.48. The molecule has 1 atom stereocenters. The van der Waals surface area contributed by atoms with Gasteiger partial charge in [0, 0.05) is 23.5 Å². The van der Waals surface area contributed by atoms with Gasteiger partial charge in [0.2, 0.25) is 0 Å². The molecule has 0 spiro atoms. The normalized spacial score (nSPS) is 17.9. The molecule has 31 heavy (non-hydrogen) atoms. The Morgan fingerprint density at radius 3 is 2.39 bits per heavy atom. The number of anilines is 1. The molecule has 1 N–H and O–H groups in total. The third kappa shape index (κ3) is 3.48. The van der Waals surface area contributed by atoms with E-state index < -0.39 is 29.4 Å². The molecule has 3 aromatic rings. The highest BCUT2D eigenvalue weighted by atomic mass is 19.2. The van der Waals surface area contributed by atoms with Crippen LogP contribution in [0.15, 0.2) is 66.4 Å². The maximum Gasteiger partial charge on any atom is 0.300 e. The first-order valence-corrected chi connectivity index (χ1v) is 9.54. The number of Topliss-reactive ketones (excluding diaryl/α,β-unsaturated/α-hetero) is 1. The molecule has 4 rings (SSSR count). The minimum Gasteiger partial charge on any atom is -0.507 e. The number of carbonyl (C=O) groups excluding carboxylic acids is 2. The van der Waals surface area contributed by atoms with Crippen molar-refractivity contribution >= 4 is 23.1 Å². The maximum absolute atomic E-state index is 13.9. The highest BCUT2D eigenvalue weighted by Crippen LogP contribution is 2.41. The lowest BCUT2D eigenvalue weighted by Gasteiger charge is -2.24. The molecule has 7 heteroatoms. The Balaban J connectivity index is 1.95. The Labute approximate surface area is 177 Å². The van der Waals surface area contributed by atoms with Crippen LogP contribution in [0.1, 0.15) is 28.4 Å². The molecule has 0 radical (unpaired) electrons. The summed E-state index contributed by atoms with van der Waals surface area (Å²) in [5, 5.41) is 11.0. The van der Waals surface area contributed by atoms with Gasteiger partial charge in [0.25, 0.3) is 11.7 Å². The van der Waals surface area contributed by atoms with Gasteiger partial charge >= 0.3 is 0 Å².